The summed E-state index contributed by atoms with van der Waals surface area (Å²) in [4.78, 5) is 22.6. The number of rotatable bonds is 5. The van der Waals surface area contributed by atoms with Crippen LogP contribution in [0.15, 0.2) is 42.7 Å². The molecule has 2 rings (SSSR count). The largest absolute Gasteiger partial charge is 0.388 e. The zero-order valence-electron chi connectivity index (χ0n) is 11.7. The second-order valence-electron chi connectivity index (χ2n) is 4.32. The normalized spacial score (nSPS) is 10.1. The van der Waals surface area contributed by atoms with Crippen LogP contribution >= 0.6 is 0 Å². The van der Waals surface area contributed by atoms with Crippen molar-refractivity contribution in [1.82, 2.24) is 14.9 Å². The summed E-state index contributed by atoms with van der Waals surface area (Å²) in [7, 11) is 1.81. The summed E-state index contributed by atoms with van der Waals surface area (Å²) >= 11 is 0. The molecule has 0 fully saturated rings. The number of hydrogen-bond acceptors (Lipinski definition) is 4. The summed E-state index contributed by atoms with van der Waals surface area (Å²) in [5, 5.41) is 3.01. The lowest BCUT2D eigenvalue weighted by molar-refractivity contribution is 0.0745. The van der Waals surface area contributed by atoms with Crippen LogP contribution in [0.1, 0.15) is 23.1 Å². The number of nitrogens with zero attached hydrogens (tertiary/aromatic N) is 3. The van der Waals surface area contributed by atoms with Gasteiger partial charge < -0.3 is 10.2 Å². The first-order valence-corrected chi connectivity index (χ1v) is 6.57. The summed E-state index contributed by atoms with van der Waals surface area (Å²) in [5.74, 6) is -0.0877. The number of hydrogen-bond donors (Lipinski definition) is 1. The highest BCUT2D eigenvalue weighted by molar-refractivity contribution is 5.93. The van der Waals surface area contributed by atoms with Crippen LogP contribution in [0.25, 0.3) is 0 Å². The van der Waals surface area contributed by atoms with Gasteiger partial charge in [-0.2, -0.15) is 0 Å². The molecule has 104 valence electrons. The van der Waals surface area contributed by atoms with E-state index in [1.54, 1.807) is 23.4 Å². The topological polar surface area (TPSA) is 58.1 Å². The van der Waals surface area contributed by atoms with Gasteiger partial charge in [0.05, 0.1) is 12.2 Å². The van der Waals surface area contributed by atoms with Gasteiger partial charge in [-0.3, -0.25) is 14.8 Å². The molecule has 0 aliphatic rings. The van der Waals surface area contributed by atoms with Crippen molar-refractivity contribution in [3.8, 4) is 0 Å². The molecule has 2 aromatic rings. The molecule has 2 heterocycles. The van der Waals surface area contributed by atoms with Crippen LogP contribution in [0.2, 0.25) is 0 Å². The van der Waals surface area contributed by atoms with E-state index in [1.165, 1.54) is 0 Å². The first-order chi connectivity index (χ1) is 9.74. The van der Waals surface area contributed by atoms with Gasteiger partial charge in [0, 0.05) is 31.7 Å². The Labute approximate surface area is 118 Å². The number of carbonyl (C=O) groups is 1. The highest BCUT2D eigenvalue weighted by Gasteiger charge is 2.16. The SMILES string of the molecule is CCN(Cc1ccccn1)C(=O)c1cc(NC)ccn1. The van der Waals surface area contributed by atoms with Gasteiger partial charge in [-0.05, 0) is 31.2 Å². The maximum atomic E-state index is 12.5. The molecule has 0 aliphatic heterocycles. The third kappa shape index (κ3) is 3.32. The van der Waals surface area contributed by atoms with Gasteiger partial charge in [-0.1, -0.05) is 6.07 Å². The molecule has 0 saturated heterocycles. The maximum absolute atomic E-state index is 12.5. The van der Waals surface area contributed by atoms with E-state index in [0.29, 0.717) is 18.8 Å². The van der Waals surface area contributed by atoms with E-state index < -0.39 is 0 Å². The number of anilines is 1. The van der Waals surface area contributed by atoms with Crippen molar-refractivity contribution in [2.75, 3.05) is 18.9 Å². The predicted octanol–water partition coefficient (Wildman–Crippen LogP) is 2.18. The van der Waals surface area contributed by atoms with E-state index in [2.05, 4.69) is 15.3 Å². The molecule has 2 aromatic heterocycles. The Morgan fingerprint density at radius 1 is 1.25 bits per heavy atom. The lowest BCUT2D eigenvalue weighted by Crippen LogP contribution is -2.31. The third-order valence-corrected chi connectivity index (χ3v) is 3.02. The van der Waals surface area contributed by atoms with Gasteiger partial charge in [-0.25, -0.2) is 0 Å². The fourth-order valence-electron chi connectivity index (χ4n) is 1.88. The Morgan fingerprint density at radius 3 is 2.75 bits per heavy atom. The van der Waals surface area contributed by atoms with Gasteiger partial charge in [0.2, 0.25) is 0 Å². The zero-order valence-corrected chi connectivity index (χ0v) is 11.7. The van der Waals surface area contributed by atoms with Crippen molar-refractivity contribution in [2.45, 2.75) is 13.5 Å². The van der Waals surface area contributed by atoms with Crippen LogP contribution in [-0.4, -0.2) is 34.4 Å². The van der Waals surface area contributed by atoms with E-state index in [9.17, 15) is 4.79 Å². The molecule has 0 unspecified atom stereocenters. The van der Waals surface area contributed by atoms with Crippen LogP contribution in [0.4, 0.5) is 5.69 Å². The minimum atomic E-state index is -0.0877. The number of amides is 1. The zero-order chi connectivity index (χ0) is 14.4. The summed E-state index contributed by atoms with van der Waals surface area (Å²) < 4.78 is 0. The Balaban J connectivity index is 2.16. The Hall–Kier alpha value is -2.43. The van der Waals surface area contributed by atoms with Crippen molar-refractivity contribution in [2.24, 2.45) is 0 Å². The second kappa shape index (κ2) is 6.65. The van der Waals surface area contributed by atoms with Crippen molar-refractivity contribution >= 4 is 11.6 Å². The minimum Gasteiger partial charge on any atom is -0.388 e. The Morgan fingerprint density at radius 2 is 2.10 bits per heavy atom. The van der Waals surface area contributed by atoms with Crippen molar-refractivity contribution in [1.29, 1.82) is 0 Å². The predicted molar refractivity (Wildman–Crippen MR) is 78.4 cm³/mol. The molecule has 0 atom stereocenters. The summed E-state index contributed by atoms with van der Waals surface area (Å²) in [6.07, 6.45) is 3.36. The van der Waals surface area contributed by atoms with Crippen molar-refractivity contribution in [3.63, 3.8) is 0 Å². The van der Waals surface area contributed by atoms with Crippen LogP contribution in [0, 0.1) is 0 Å². The molecular weight excluding hydrogens is 252 g/mol. The molecule has 0 spiro atoms. The van der Waals surface area contributed by atoms with Crippen LogP contribution in [0.3, 0.4) is 0 Å². The van der Waals surface area contributed by atoms with Gasteiger partial charge in [0.25, 0.3) is 5.91 Å². The molecule has 0 aromatic carbocycles. The number of aromatic nitrogens is 2. The maximum Gasteiger partial charge on any atom is 0.272 e. The average molecular weight is 270 g/mol. The lowest BCUT2D eigenvalue weighted by Gasteiger charge is -2.20. The van der Waals surface area contributed by atoms with Crippen LogP contribution in [0.5, 0.6) is 0 Å². The van der Waals surface area contributed by atoms with Crippen LogP contribution in [-0.2, 0) is 6.54 Å². The van der Waals surface area contributed by atoms with Gasteiger partial charge in [0.15, 0.2) is 0 Å². The fourth-order valence-corrected chi connectivity index (χ4v) is 1.88. The molecule has 0 aliphatic carbocycles. The fraction of sp³-hybridized carbons (Fsp3) is 0.267. The molecule has 0 saturated carbocycles. The van der Waals surface area contributed by atoms with E-state index in [0.717, 1.165) is 11.4 Å². The number of nitrogens with one attached hydrogen (secondary N) is 1. The molecule has 5 nitrogen and oxygen atoms in total. The highest BCUT2D eigenvalue weighted by Crippen LogP contribution is 2.11. The molecule has 0 bridgehead atoms. The minimum absolute atomic E-state index is 0.0877. The number of carbonyl (C=O) groups excluding carboxylic acids is 1. The standard InChI is InChI=1S/C15H18N4O/c1-3-19(11-13-6-4-5-8-17-13)15(20)14-10-12(16-2)7-9-18-14/h4-10H,3,11H2,1-2H3,(H,16,18). The first-order valence-electron chi connectivity index (χ1n) is 6.57. The van der Waals surface area contributed by atoms with E-state index in [4.69, 9.17) is 0 Å². The quantitative estimate of drug-likeness (QED) is 0.904. The molecule has 5 heteroatoms. The van der Waals surface area contributed by atoms with Gasteiger partial charge in [-0.15, -0.1) is 0 Å². The summed E-state index contributed by atoms with van der Waals surface area (Å²) in [6, 6.07) is 9.27. The third-order valence-electron chi connectivity index (χ3n) is 3.02. The van der Waals surface area contributed by atoms with Crippen molar-refractivity contribution < 1.29 is 4.79 Å². The molecule has 20 heavy (non-hydrogen) atoms. The van der Waals surface area contributed by atoms with Gasteiger partial charge >= 0.3 is 0 Å². The van der Waals surface area contributed by atoms with Crippen molar-refractivity contribution in [3.05, 3.63) is 54.1 Å². The summed E-state index contributed by atoms with van der Waals surface area (Å²) in [5.41, 5.74) is 2.18. The van der Waals surface area contributed by atoms with Gasteiger partial charge in [0.1, 0.15) is 5.69 Å². The molecular formula is C15H18N4O. The van der Waals surface area contributed by atoms with E-state index in [-0.39, 0.29) is 5.91 Å². The van der Waals surface area contributed by atoms with Crippen LogP contribution < -0.4 is 5.32 Å². The molecule has 1 N–H and O–H groups in total. The number of pyridine rings is 2. The molecule has 1 amide bonds. The average Bonchev–Trinajstić information content (AvgIpc) is 2.53. The summed E-state index contributed by atoms with van der Waals surface area (Å²) in [6.45, 7) is 3.05. The van der Waals surface area contributed by atoms with E-state index in [1.807, 2.05) is 38.2 Å². The smallest absolute Gasteiger partial charge is 0.272 e. The van der Waals surface area contributed by atoms with E-state index >= 15 is 0 Å². The second-order valence-corrected chi connectivity index (χ2v) is 4.32. The Bertz CT molecular complexity index is 571. The first kappa shape index (κ1) is 14.0. The molecule has 0 radical (unpaired) electrons. The Kier molecular flexibility index (Phi) is 4.65. The monoisotopic (exact) mass is 270 g/mol. The lowest BCUT2D eigenvalue weighted by atomic mass is 10.2. The highest BCUT2D eigenvalue weighted by atomic mass is 16.2.